The van der Waals surface area contributed by atoms with Gasteiger partial charge in [-0.3, -0.25) is 4.79 Å². The van der Waals surface area contributed by atoms with Crippen molar-refractivity contribution in [2.45, 2.75) is 57.2 Å². The lowest BCUT2D eigenvalue weighted by Crippen LogP contribution is -2.47. The largest absolute Gasteiger partial charge is 0.481 e. The fourth-order valence-corrected chi connectivity index (χ4v) is 3.15. The molecular weight excluding hydrogens is 327 g/mol. The Morgan fingerprint density at radius 3 is 2.36 bits per heavy atom. The van der Waals surface area contributed by atoms with Crippen molar-refractivity contribution in [1.29, 1.82) is 0 Å². The van der Waals surface area contributed by atoms with Crippen molar-refractivity contribution in [3.63, 3.8) is 0 Å². The summed E-state index contributed by atoms with van der Waals surface area (Å²) in [6.07, 6.45) is 1.96. The lowest BCUT2D eigenvalue weighted by atomic mass is 9.86. The maximum atomic E-state index is 12.9. The molecule has 1 aromatic carbocycles. The van der Waals surface area contributed by atoms with Crippen LogP contribution in [0, 0.1) is 11.7 Å². The molecule has 0 heterocycles. The number of aliphatic hydroxyl groups is 1. The van der Waals surface area contributed by atoms with Gasteiger partial charge in [0, 0.05) is 12.1 Å². The number of rotatable bonds is 6. The molecule has 2 rings (SSSR count). The number of carboxylic acid groups (broad SMARTS) is 1. The van der Waals surface area contributed by atoms with Crippen LogP contribution in [0.1, 0.15) is 50.7 Å². The normalized spacial score (nSPS) is 22.7. The van der Waals surface area contributed by atoms with Crippen molar-refractivity contribution in [3.8, 4) is 0 Å². The summed E-state index contributed by atoms with van der Waals surface area (Å²) in [6.45, 7) is 1.79. The number of aliphatic hydroxyl groups excluding tert-OH is 1. The van der Waals surface area contributed by atoms with Crippen molar-refractivity contribution in [1.82, 2.24) is 10.6 Å². The van der Waals surface area contributed by atoms with Gasteiger partial charge in [-0.05, 0) is 56.7 Å². The van der Waals surface area contributed by atoms with E-state index < -0.39 is 12.1 Å². The maximum absolute atomic E-state index is 12.9. The molecule has 138 valence electrons. The number of benzene rings is 1. The fourth-order valence-electron chi connectivity index (χ4n) is 3.15. The molecule has 1 aliphatic rings. The van der Waals surface area contributed by atoms with Crippen molar-refractivity contribution in [3.05, 3.63) is 35.6 Å². The molecule has 1 aliphatic carbocycles. The first-order valence-electron chi connectivity index (χ1n) is 8.58. The van der Waals surface area contributed by atoms with Crippen molar-refractivity contribution in [2.24, 2.45) is 5.92 Å². The minimum Gasteiger partial charge on any atom is -0.481 e. The number of aliphatic carboxylic acids is 1. The van der Waals surface area contributed by atoms with Gasteiger partial charge in [0.1, 0.15) is 5.82 Å². The van der Waals surface area contributed by atoms with Gasteiger partial charge in [0.05, 0.1) is 12.0 Å². The molecule has 6 nitrogen and oxygen atoms in total. The van der Waals surface area contributed by atoms with Gasteiger partial charge in [-0.1, -0.05) is 12.1 Å². The maximum Gasteiger partial charge on any atom is 0.315 e. The molecule has 0 aliphatic heterocycles. The Morgan fingerprint density at radius 2 is 1.80 bits per heavy atom. The smallest absolute Gasteiger partial charge is 0.315 e. The van der Waals surface area contributed by atoms with E-state index in [2.05, 4.69) is 10.6 Å². The number of hydrogen-bond donors (Lipinski definition) is 4. The molecule has 2 amide bonds. The van der Waals surface area contributed by atoms with E-state index in [0.717, 1.165) is 0 Å². The van der Waals surface area contributed by atoms with Crippen molar-refractivity contribution in [2.75, 3.05) is 0 Å². The number of carboxylic acids is 1. The molecule has 1 aromatic rings. The second kappa shape index (κ2) is 8.80. The van der Waals surface area contributed by atoms with E-state index in [9.17, 15) is 19.1 Å². The number of hydrogen-bond acceptors (Lipinski definition) is 3. The van der Waals surface area contributed by atoms with Gasteiger partial charge in [0.2, 0.25) is 0 Å². The van der Waals surface area contributed by atoms with Crippen molar-refractivity contribution < 1.29 is 24.2 Å². The van der Waals surface area contributed by atoms with E-state index in [1.165, 1.54) is 24.3 Å². The summed E-state index contributed by atoms with van der Waals surface area (Å²) in [6, 6.07) is 5.01. The Bertz CT molecular complexity index is 585. The molecule has 0 radical (unpaired) electrons. The third kappa shape index (κ3) is 6.01. The van der Waals surface area contributed by atoms with Gasteiger partial charge in [-0.25, -0.2) is 9.18 Å². The lowest BCUT2D eigenvalue weighted by Gasteiger charge is -2.27. The van der Waals surface area contributed by atoms with Gasteiger partial charge in [0.15, 0.2) is 0 Å². The second-order valence-corrected chi connectivity index (χ2v) is 6.71. The fraction of sp³-hybridized carbons (Fsp3) is 0.556. The summed E-state index contributed by atoms with van der Waals surface area (Å²) in [5.41, 5.74) is 0.599. The molecule has 4 N–H and O–H groups in total. The third-order valence-corrected chi connectivity index (χ3v) is 4.62. The zero-order chi connectivity index (χ0) is 18.4. The molecule has 1 fully saturated rings. The van der Waals surface area contributed by atoms with Gasteiger partial charge in [-0.15, -0.1) is 0 Å². The summed E-state index contributed by atoms with van der Waals surface area (Å²) >= 11 is 0. The van der Waals surface area contributed by atoms with E-state index in [-0.39, 0.29) is 29.8 Å². The monoisotopic (exact) mass is 352 g/mol. The highest BCUT2D eigenvalue weighted by Crippen LogP contribution is 2.24. The predicted molar refractivity (Wildman–Crippen MR) is 90.5 cm³/mol. The number of nitrogens with one attached hydrogen (secondary N) is 2. The van der Waals surface area contributed by atoms with Gasteiger partial charge in [-0.2, -0.15) is 0 Å². The molecule has 1 saturated carbocycles. The highest BCUT2D eigenvalue weighted by atomic mass is 19.1. The molecule has 2 unspecified atom stereocenters. The Balaban J connectivity index is 1.73. The highest BCUT2D eigenvalue weighted by Gasteiger charge is 2.27. The zero-order valence-corrected chi connectivity index (χ0v) is 14.2. The minimum absolute atomic E-state index is 0.0233. The summed E-state index contributed by atoms with van der Waals surface area (Å²) in [5.74, 6) is -1.45. The van der Waals surface area contributed by atoms with Crippen LogP contribution in [0.2, 0.25) is 0 Å². The van der Waals surface area contributed by atoms with Crippen LogP contribution in [0.3, 0.4) is 0 Å². The summed E-state index contributed by atoms with van der Waals surface area (Å²) in [5, 5.41) is 24.8. The van der Waals surface area contributed by atoms with E-state index in [0.29, 0.717) is 37.7 Å². The van der Waals surface area contributed by atoms with E-state index in [1.54, 1.807) is 6.92 Å². The van der Waals surface area contributed by atoms with Crippen LogP contribution in [-0.2, 0) is 4.79 Å². The van der Waals surface area contributed by atoms with Gasteiger partial charge in [0.25, 0.3) is 0 Å². The number of urea groups is 1. The first-order valence-corrected chi connectivity index (χ1v) is 8.58. The van der Waals surface area contributed by atoms with E-state index in [4.69, 9.17) is 5.11 Å². The molecular formula is C18H25FN2O4. The second-order valence-electron chi connectivity index (χ2n) is 6.71. The van der Waals surface area contributed by atoms with Crippen LogP contribution in [0.5, 0.6) is 0 Å². The summed E-state index contributed by atoms with van der Waals surface area (Å²) < 4.78 is 12.9. The van der Waals surface area contributed by atoms with Crippen molar-refractivity contribution >= 4 is 12.0 Å². The summed E-state index contributed by atoms with van der Waals surface area (Å²) in [7, 11) is 0. The number of carbonyl (C=O) groups is 2. The van der Waals surface area contributed by atoms with Crippen LogP contribution in [0.15, 0.2) is 24.3 Å². The standard InChI is InChI=1S/C18H25FN2O4/c1-11(10-16(22)12-2-6-14(19)7-3-12)20-18(25)21-15-8-4-13(5-9-15)17(23)24/h2-3,6-7,11,13,15-16,22H,4-5,8-10H2,1H3,(H,23,24)(H2,20,21,25). The molecule has 25 heavy (non-hydrogen) atoms. The van der Waals surface area contributed by atoms with Gasteiger partial charge >= 0.3 is 12.0 Å². The Kier molecular flexibility index (Phi) is 6.75. The number of carbonyl (C=O) groups excluding carboxylic acids is 1. The number of halogens is 1. The summed E-state index contributed by atoms with van der Waals surface area (Å²) in [4.78, 5) is 23.0. The topological polar surface area (TPSA) is 98.7 Å². The predicted octanol–water partition coefficient (Wildman–Crippen LogP) is 2.58. The molecule has 7 heteroatoms. The molecule has 0 bridgehead atoms. The first kappa shape index (κ1) is 19.2. The van der Waals surface area contributed by atoms with Crippen LogP contribution in [0.25, 0.3) is 0 Å². The Hall–Kier alpha value is -2.15. The molecule has 0 spiro atoms. The average molecular weight is 352 g/mol. The van der Waals surface area contributed by atoms with Crippen LogP contribution < -0.4 is 10.6 Å². The zero-order valence-electron chi connectivity index (χ0n) is 14.2. The minimum atomic E-state index is -0.790. The van der Waals surface area contributed by atoms with Crippen LogP contribution >= 0.6 is 0 Å². The molecule has 0 saturated heterocycles. The van der Waals surface area contributed by atoms with Crippen LogP contribution in [0.4, 0.5) is 9.18 Å². The first-order chi connectivity index (χ1) is 11.8. The third-order valence-electron chi connectivity index (χ3n) is 4.62. The quantitative estimate of drug-likeness (QED) is 0.632. The van der Waals surface area contributed by atoms with E-state index in [1.807, 2.05) is 0 Å². The van der Waals surface area contributed by atoms with E-state index >= 15 is 0 Å². The average Bonchev–Trinajstić information content (AvgIpc) is 2.55. The van der Waals surface area contributed by atoms with Gasteiger partial charge < -0.3 is 20.8 Å². The van der Waals surface area contributed by atoms with Crippen LogP contribution in [-0.4, -0.2) is 34.3 Å². The lowest BCUT2D eigenvalue weighted by molar-refractivity contribution is -0.142. The molecule has 0 aromatic heterocycles. The highest BCUT2D eigenvalue weighted by molar-refractivity contribution is 5.74. The SMILES string of the molecule is CC(CC(O)c1ccc(F)cc1)NC(=O)NC1CCC(C(=O)O)CC1. The molecule has 2 atom stereocenters. The Morgan fingerprint density at radius 1 is 1.20 bits per heavy atom. The number of amides is 2. The Labute approximate surface area is 146 Å².